The molecule has 2 atom stereocenters. The minimum Gasteiger partial charge on any atom is -0.391 e. The third-order valence-corrected chi connectivity index (χ3v) is 2.26. The van der Waals surface area contributed by atoms with E-state index in [1.165, 1.54) is 0 Å². The predicted molar refractivity (Wildman–Crippen MR) is 55.1 cm³/mol. The van der Waals surface area contributed by atoms with Gasteiger partial charge in [-0.2, -0.15) is 0 Å². The Kier molecular flexibility index (Phi) is 4.59. The van der Waals surface area contributed by atoms with Gasteiger partial charge in [0.25, 0.3) is 0 Å². The summed E-state index contributed by atoms with van der Waals surface area (Å²) in [5.74, 6) is 0. The highest BCUT2D eigenvalue weighted by Gasteiger charge is 2.12. The lowest BCUT2D eigenvalue weighted by atomic mass is 10.1. The van der Waals surface area contributed by atoms with Crippen LogP contribution in [0, 0.1) is 0 Å². The zero-order chi connectivity index (χ0) is 10.4. The third-order valence-electron chi connectivity index (χ3n) is 2.26. The molecule has 0 spiro atoms. The van der Waals surface area contributed by atoms with E-state index in [1.54, 1.807) is 0 Å². The summed E-state index contributed by atoms with van der Waals surface area (Å²) in [6.07, 6.45) is -0.442. The largest absolute Gasteiger partial charge is 0.391 e. The summed E-state index contributed by atoms with van der Waals surface area (Å²) in [6, 6.07) is 9.59. The van der Waals surface area contributed by atoms with E-state index in [4.69, 9.17) is 5.11 Å². The molecule has 1 aromatic carbocycles. The Morgan fingerprint density at radius 2 is 1.93 bits per heavy atom. The quantitative estimate of drug-likeness (QED) is 0.579. The highest BCUT2D eigenvalue weighted by atomic mass is 16.3. The Morgan fingerprint density at radius 1 is 1.29 bits per heavy atom. The van der Waals surface area contributed by atoms with Crippen LogP contribution in [0.4, 0.5) is 0 Å². The first-order valence-electron chi connectivity index (χ1n) is 4.89. The maximum atomic E-state index is 9.82. The molecule has 3 nitrogen and oxygen atoms in total. The van der Waals surface area contributed by atoms with Gasteiger partial charge in [0.2, 0.25) is 0 Å². The van der Waals surface area contributed by atoms with Crippen molar-refractivity contribution in [2.75, 3.05) is 26.7 Å². The molecular formula is C11H18NO2+. The van der Waals surface area contributed by atoms with Crippen LogP contribution in [0.15, 0.2) is 30.3 Å². The molecule has 0 aliphatic carbocycles. The minimum atomic E-state index is -0.442. The maximum absolute atomic E-state index is 9.82. The van der Waals surface area contributed by atoms with Crippen molar-refractivity contribution >= 4 is 0 Å². The Bertz CT molecular complexity index is 251. The fourth-order valence-corrected chi connectivity index (χ4v) is 1.42. The molecule has 1 unspecified atom stereocenters. The van der Waals surface area contributed by atoms with E-state index in [-0.39, 0.29) is 6.61 Å². The lowest BCUT2D eigenvalue weighted by molar-refractivity contribution is -0.884. The SMILES string of the molecule is C[NH+](CCO)C[C@@H](O)c1ccccc1. The van der Waals surface area contributed by atoms with Gasteiger partial charge in [-0.05, 0) is 5.56 Å². The van der Waals surface area contributed by atoms with Crippen LogP contribution in [0.5, 0.6) is 0 Å². The molecule has 78 valence electrons. The number of quaternary nitrogens is 1. The summed E-state index contributed by atoms with van der Waals surface area (Å²) in [5, 5.41) is 18.5. The molecule has 0 saturated carbocycles. The Morgan fingerprint density at radius 3 is 2.50 bits per heavy atom. The molecule has 1 rings (SSSR count). The van der Waals surface area contributed by atoms with Crippen molar-refractivity contribution in [3.05, 3.63) is 35.9 Å². The fraction of sp³-hybridized carbons (Fsp3) is 0.455. The number of rotatable bonds is 5. The molecule has 3 N–H and O–H groups in total. The average molecular weight is 196 g/mol. The maximum Gasteiger partial charge on any atom is 0.128 e. The molecule has 0 saturated heterocycles. The molecule has 0 aromatic heterocycles. The molecule has 0 aliphatic rings. The van der Waals surface area contributed by atoms with E-state index in [2.05, 4.69) is 0 Å². The molecule has 0 fully saturated rings. The number of hydrogen-bond donors (Lipinski definition) is 3. The van der Waals surface area contributed by atoms with Crippen LogP contribution < -0.4 is 4.90 Å². The lowest BCUT2D eigenvalue weighted by Gasteiger charge is -2.17. The van der Waals surface area contributed by atoms with Gasteiger partial charge < -0.3 is 15.1 Å². The molecule has 1 aromatic rings. The van der Waals surface area contributed by atoms with Gasteiger partial charge in [0, 0.05) is 0 Å². The molecule has 14 heavy (non-hydrogen) atoms. The van der Waals surface area contributed by atoms with Crippen molar-refractivity contribution in [3.8, 4) is 0 Å². The normalized spacial score (nSPS) is 15.1. The summed E-state index contributed by atoms with van der Waals surface area (Å²) in [5.41, 5.74) is 0.935. The number of likely N-dealkylation sites (N-methyl/N-ethyl adjacent to an activating group) is 1. The second-order valence-corrected chi connectivity index (χ2v) is 3.56. The van der Waals surface area contributed by atoms with E-state index < -0.39 is 6.10 Å². The zero-order valence-electron chi connectivity index (χ0n) is 8.48. The molecular weight excluding hydrogens is 178 g/mol. The standard InChI is InChI=1S/C11H17NO2/c1-12(7-8-13)9-11(14)10-5-3-2-4-6-10/h2-6,11,13-14H,7-9H2,1H3/p+1/t11-/m1/s1. The van der Waals surface area contributed by atoms with E-state index in [0.717, 1.165) is 10.5 Å². The topological polar surface area (TPSA) is 44.9 Å². The van der Waals surface area contributed by atoms with Crippen LogP contribution >= 0.6 is 0 Å². The Hall–Kier alpha value is -0.900. The van der Waals surface area contributed by atoms with Gasteiger partial charge in [-0.3, -0.25) is 0 Å². The summed E-state index contributed by atoms with van der Waals surface area (Å²) in [4.78, 5) is 1.13. The number of hydrogen-bond acceptors (Lipinski definition) is 2. The Labute approximate surface area is 84.6 Å². The number of aliphatic hydroxyl groups is 2. The number of benzene rings is 1. The number of aliphatic hydroxyl groups excluding tert-OH is 2. The van der Waals surface area contributed by atoms with Crippen molar-refractivity contribution in [2.45, 2.75) is 6.10 Å². The summed E-state index contributed by atoms with van der Waals surface area (Å²) in [7, 11) is 1.96. The van der Waals surface area contributed by atoms with Gasteiger partial charge in [0.1, 0.15) is 19.2 Å². The van der Waals surface area contributed by atoms with Gasteiger partial charge in [0.15, 0.2) is 0 Å². The van der Waals surface area contributed by atoms with E-state index >= 15 is 0 Å². The van der Waals surface area contributed by atoms with Crippen molar-refractivity contribution < 1.29 is 15.1 Å². The fourth-order valence-electron chi connectivity index (χ4n) is 1.42. The molecule has 0 heterocycles. The van der Waals surface area contributed by atoms with E-state index in [1.807, 2.05) is 37.4 Å². The van der Waals surface area contributed by atoms with Crippen LogP contribution in [0.2, 0.25) is 0 Å². The van der Waals surface area contributed by atoms with Crippen molar-refractivity contribution in [1.82, 2.24) is 0 Å². The second kappa shape index (κ2) is 5.75. The average Bonchev–Trinajstić information content (AvgIpc) is 2.19. The van der Waals surface area contributed by atoms with Crippen LogP contribution in [-0.4, -0.2) is 37.0 Å². The molecule has 3 heteroatoms. The van der Waals surface area contributed by atoms with Gasteiger partial charge in [0.05, 0.1) is 13.7 Å². The van der Waals surface area contributed by atoms with Gasteiger partial charge >= 0.3 is 0 Å². The Balaban J connectivity index is 2.46. The first-order chi connectivity index (χ1) is 6.74. The molecule has 0 radical (unpaired) electrons. The van der Waals surface area contributed by atoms with Gasteiger partial charge in [-0.15, -0.1) is 0 Å². The van der Waals surface area contributed by atoms with E-state index in [0.29, 0.717) is 13.1 Å². The third kappa shape index (κ3) is 3.46. The van der Waals surface area contributed by atoms with Crippen LogP contribution in [0.1, 0.15) is 11.7 Å². The summed E-state index contributed by atoms with van der Waals surface area (Å²) < 4.78 is 0. The highest BCUT2D eigenvalue weighted by molar-refractivity contribution is 5.16. The first-order valence-corrected chi connectivity index (χ1v) is 4.89. The van der Waals surface area contributed by atoms with Crippen LogP contribution in [-0.2, 0) is 0 Å². The van der Waals surface area contributed by atoms with Gasteiger partial charge in [-0.1, -0.05) is 30.3 Å². The predicted octanol–water partition coefficient (Wildman–Crippen LogP) is -0.773. The van der Waals surface area contributed by atoms with Crippen molar-refractivity contribution in [1.29, 1.82) is 0 Å². The van der Waals surface area contributed by atoms with Crippen LogP contribution in [0.25, 0.3) is 0 Å². The molecule has 0 bridgehead atoms. The molecule has 0 aliphatic heterocycles. The first kappa shape index (κ1) is 11.2. The van der Waals surface area contributed by atoms with Crippen molar-refractivity contribution in [2.24, 2.45) is 0 Å². The lowest BCUT2D eigenvalue weighted by Crippen LogP contribution is -3.10. The summed E-state index contributed by atoms with van der Waals surface area (Å²) >= 11 is 0. The smallest absolute Gasteiger partial charge is 0.128 e. The van der Waals surface area contributed by atoms with E-state index in [9.17, 15) is 5.11 Å². The summed E-state index contributed by atoms with van der Waals surface area (Å²) in [6.45, 7) is 1.46. The minimum absolute atomic E-state index is 0.160. The molecule has 0 amide bonds. The highest BCUT2D eigenvalue weighted by Crippen LogP contribution is 2.08. The second-order valence-electron chi connectivity index (χ2n) is 3.56. The monoisotopic (exact) mass is 196 g/mol. The van der Waals surface area contributed by atoms with Crippen LogP contribution in [0.3, 0.4) is 0 Å². The zero-order valence-corrected chi connectivity index (χ0v) is 8.48. The number of nitrogens with one attached hydrogen (secondary N) is 1. The van der Waals surface area contributed by atoms with Gasteiger partial charge in [-0.25, -0.2) is 0 Å². The van der Waals surface area contributed by atoms with Crippen molar-refractivity contribution in [3.63, 3.8) is 0 Å².